The minimum absolute atomic E-state index is 0.0909. The zero-order chi connectivity index (χ0) is 16.2. The quantitative estimate of drug-likeness (QED) is 0.865. The summed E-state index contributed by atoms with van der Waals surface area (Å²) in [5, 5.41) is 0. The summed E-state index contributed by atoms with van der Waals surface area (Å²) in [7, 11) is 0. The first-order chi connectivity index (χ1) is 11.1. The molecule has 1 aromatic heterocycles. The first-order valence-electron chi connectivity index (χ1n) is 7.26. The Kier molecular flexibility index (Phi) is 4.45. The van der Waals surface area contributed by atoms with Crippen LogP contribution in [0.4, 0.5) is 8.78 Å². The Bertz CT molecular complexity index is 697. The van der Waals surface area contributed by atoms with Gasteiger partial charge in [-0.3, -0.25) is 4.79 Å². The molecule has 1 aliphatic heterocycles. The molecule has 5 nitrogen and oxygen atoms in total. The topological polar surface area (TPSA) is 55.3 Å². The molecular formula is C16H15F2N3O2. The maximum absolute atomic E-state index is 13.6. The largest absolute Gasteiger partial charge is 0.472 e. The third-order valence-corrected chi connectivity index (χ3v) is 3.70. The molecule has 120 valence electrons. The number of aromatic nitrogens is 2. The zero-order valence-electron chi connectivity index (χ0n) is 12.3. The first-order valence-corrected chi connectivity index (χ1v) is 7.26. The van der Waals surface area contributed by atoms with Crippen molar-refractivity contribution in [1.82, 2.24) is 14.9 Å². The number of hydrogen-bond donors (Lipinski definition) is 0. The molecule has 0 aliphatic carbocycles. The Hall–Kier alpha value is -2.57. The van der Waals surface area contributed by atoms with E-state index in [1.807, 2.05) is 0 Å². The van der Waals surface area contributed by atoms with Crippen LogP contribution in [-0.2, 0) is 11.2 Å². The molecule has 1 aliphatic rings. The molecule has 0 spiro atoms. The molecule has 7 heteroatoms. The van der Waals surface area contributed by atoms with Crippen molar-refractivity contribution in [1.29, 1.82) is 0 Å². The summed E-state index contributed by atoms with van der Waals surface area (Å²) in [5.41, 5.74) is 0.191. The first kappa shape index (κ1) is 15.3. The Morgan fingerprint density at radius 3 is 2.96 bits per heavy atom. The van der Waals surface area contributed by atoms with Gasteiger partial charge in [-0.25, -0.2) is 18.7 Å². The van der Waals surface area contributed by atoms with Gasteiger partial charge in [0.2, 0.25) is 11.8 Å². The maximum atomic E-state index is 13.6. The summed E-state index contributed by atoms with van der Waals surface area (Å²) in [6, 6.07) is 4.89. The van der Waals surface area contributed by atoms with Gasteiger partial charge in [0.25, 0.3) is 0 Å². The number of carbonyl (C=O) groups excluding carboxylic acids is 1. The molecule has 0 N–H and O–H groups in total. The number of likely N-dealkylation sites (tertiary alicyclic amines) is 1. The van der Waals surface area contributed by atoms with Crippen LogP contribution in [0.3, 0.4) is 0 Å². The van der Waals surface area contributed by atoms with Gasteiger partial charge in [-0.15, -0.1) is 0 Å². The lowest BCUT2D eigenvalue weighted by atomic mass is 10.1. The SMILES string of the molecule is O=C(Cc1ccc(F)cc1F)N1CC[C@H](Oc2ccncn2)C1. The molecule has 0 unspecified atom stereocenters. The fourth-order valence-corrected chi connectivity index (χ4v) is 2.51. The second kappa shape index (κ2) is 6.68. The second-order valence-corrected chi connectivity index (χ2v) is 5.33. The van der Waals surface area contributed by atoms with Gasteiger partial charge in [0.15, 0.2) is 0 Å². The van der Waals surface area contributed by atoms with Crippen molar-refractivity contribution in [3.63, 3.8) is 0 Å². The molecule has 1 fully saturated rings. The maximum Gasteiger partial charge on any atom is 0.227 e. The van der Waals surface area contributed by atoms with E-state index in [2.05, 4.69) is 9.97 Å². The highest BCUT2D eigenvalue weighted by Crippen LogP contribution is 2.18. The van der Waals surface area contributed by atoms with E-state index in [9.17, 15) is 13.6 Å². The number of amides is 1. The molecule has 3 rings (SSSR count). The van der Waals surface area contributed by atoms with Crippen LogP contribution in [-0.4, -0.2) is 40.0 Å². The summed E-state index contributed by atoms with van der Waals surface area (Å²) >= 11 is 0. The van der Waals surface area contributed by atoms with Gasteiger partial charge >= 0.3 is 0 Å². The second-order valence-electron chi connectivity index (χ2n) is 5.33. The Morgan fingerprint density at radius 2 is 2.22 bits per heavy atom. The van der Waals surface area contributed by atoms with E-state index in [1.165, 1.54) is 12.4 Å². The van der Waals surface area contributed by atoms with Crippen LogP contribution in [0, 0.1) is 11.6 Å². The third-order valence-electron chi connectivity index (χ3n) is 3.70. The molecule has 0 bridgehead atoms. The fraction of sp³-hybridized carbons (Fsp3) is 0.312. The number of carbonyl (C=O) groups is 1. The fourth-order valence-electron chi connectivity index (χ4n) is 2.51. The van der Waals surface area contributed by atoms with Crippen molar-refractivity contribution in [2.75, 3.05) is 13.1 Å². The van der Waals surface area contributed by atoms with Gasteiger partial charge in [-0.05, 0) is 11.6 Å². The van der Waals surface area contributed by atoms with Gasteiger partial charge in [-0.1, -0.05) is 6.07 Å². The van der Waals surface area contributed by atoms with E-state index in [-0.39, 0.29) is 24.0 Å². The molecule has 2 heterocycles. The van der Waals surface area contributed by atoms with E-state index in [0.29, 0.717) is 25.4 Å². The minimum Gasteiger partial charge on any atom is -0.472 e. The lowest BCUT2D eigenvalue weighted by Crippen LogP contribution is -2.32. The lowest BCUT2D eigenvalue weighted by molar-refractivity contribution is -0.129. The zero-order valence-corrected chi connectivity index (χ0v) is 12.3. The smallest absolute Gasteiger partial charge is 0.227 e. The van der Waals surface area contributed by atoms with Crippen molar-refractivity contribution in [2.45, 2.75) is 18.9 Å². The predicted octanol–water partition coefficient (Wildman–Crippen LogP) is 1.98. The molecule has 1 amide bonds. The number of rotatable bonds is 4. The van der Waals surface area contributed by atoms with E-state index in [4.69, 9.17) is 4.74 Å². The van der Waals surface area contributed by atoms with Crippen LogP contribution in [0.2, 0.25) is 0 Å². The van der Waals surface area contributed by atoms with Crippen molar-refractivity contribution in [3.8, 4) is 5.88 Å². The van der Waals surface area contributed by atoms with Crippen LogP contribution in [0.5, 0.6) is 5.88 Å². The van der Waals surface area contributed by atoms with Crippen LogP contribution >= 0.6 is 0 Å². The molecule has 2 aromatic rings. The van der Waals surface area contributed by atoms with E-state index >= 15 is 0 Å². The third kappa shape index (κ3) is 3.80. The molecule has 23 heavy (non-hydrogen) atoms. The van der Waals surface area contributed by atoms with E-state index in [1.54, 1.807) is 17.2 Å². The monoisotopic (exact) mass is 319 g/mol. The minimum atomic E-state index is -0.702. The average Bonchev–Trinajstić information content (AvgIpc) is 3.00. The summed E-state index contributed by atoms with van der Waals surface area (Å²) in [6.07, 6.45) is 3.42. The molecular weight excluding hydrogens is 304 g/mol. The van der Waals surface area contributed by atoms with Crippen molar-refractivity contribution in [2.24, 2.45) is 0 Å². The number of benzene rings is 1. The van der Waals surface area contributed by atoms with Gasteiger partial charge in [0, 0.05) is 31.3 Å². The standard InChI is InChI=1S/C16H15F2N3O2/c17-12-2-1-11(14(18)8-12)7-16(22)21-6-4-13(9-21)23-15-3-5-19-10-20-15/h1-3,5,8,10,13H,4,6-7,9H2/t13-/m0/s1. The van der Waals surface area contributed by atoms with Gasteiger partial charge < -0.3 is 9.64 Å². The van der Waals surface area contributed by atoms with Crippen LogP contribution in [0.25, 0.3) is 0 Å². The van der Waals surface area contributed by atoms with Crippen molar-refractivity contribution in [3.05, 3.63) is 54.0 Å². The van der Waals surface area contributed by atoms with Gasteiger partial charge in [-0.2, -0.15) is 0 Å². The van der Waals surface area contributed by atoms with Crippen molar-refractivity contribution >= 4 is 5.91 Å². The van der Waals surface area contributed by atoms with Crippen LogP contribution < -0.4 is 4.74 Å². The summed E-state index contributed by atoms with van der Waals surface area (Å²) in [5.74, 6) is -1.10. The van der Waals surface area contributed by atoms with Crippen LogP contribution in [0.1, 0.15) is 12.0 Å². The number of hydrogen-bond acceptors (Lipinski definition) is 4. The highest BCUT2D eigenvalue weighted by Gasteiger charge is 2.28. The highest BCUT2D eigenvalue weighted by molar-refractivity contribution is 5.79. The van der Waals surface area contributed by atoms with E-state index in [0.717, 1.165) is 12.1 Å². The van der Waals surface area contributed by atoms with E-state index < -0.39 is 11.6 Å². The number of nitrogens with zero attached hydrogens (tertiary/aromatic N) is 3. The predicted molar refractivity (Wildman–Crippen MR) is 77.7 cm³/mol. The lowest BCUT2D eigenvalue weighted by Gasteiger charge is -2.17. The molecule has 1 saturated heterocycles. The highest BCUT2D eigenvalue weighted by atomic mass is 19.1. The van der Waals surface area contributed by atoms with Crippen molar-refractivity contribution < 1.29 is 18.3 Å². The van der Waals surface area contributed by atoms with Gasteiger partial charge in [0.05, 0.1) is 13.0 Å². The Labute approximate surface area is 131 Å². The average molecular weight is 319 g/mol. The Morgan fingerprint density at radius 1 is 1.35 bits per heavy atom. The van der Waals surface area contributed by atoms with Crippen LogP contribution in [0.15, 0.2) is 36.8 Å². The summed E-state index contributed by atoms with van der Waals surface area (Å²) < 4.78 is 32.2. The molecule has 1 aromatic carbocycles. The Balaban J connectivity index is 1.57. The molecule has 0 saturated carbocycles. The summed E-state index contributed by atoms with van der Waals surface area (Å²) in [6.45, 7) is 0.961. The number of ether oxygens (including phenoxy) is 1. The van der Waals surface area contributed by atoms with Gasteiger partial charge in [0.1, 0.15) is 24.1 Å². The molecule has 1 atom stereocenters. The summed E-state index contributed by atoms with van der Waals surface area (Å²) in [4.78, 5) is 21.6. The molecule has 0 radical (unpaired) electrons. The number of halogens is 2. The normalized spacial score (nSPS) is 17.3.